The third-order valence-corrected chi connectivity index (χ3v) is 10.3. The minimum atomic E-state index is -1.45. The molecular weight excluding hydrogens is 511 g/mol. The zero-order valence-corrected chi connectivity index (χ0v) is 22.3. The fourth-order valence-corrected chi connectivity index (χ4v) is 8.64. The number of rotatable bonds is 4. The smallest absolute Gasteiger partial charge is 0.431 e. The van der Waals surface area contributed by atoms with Gasteiger partial charge in [0, 0.05) is 31.0 Å². The second-order valence-electron chi connectivity index (χ2n) is 12.8. The first kappa shape index (κ1) is 25.7. The Balaban J connectivity index is 0.933. The van der Waals surface area contributed by atoms with Crippen LogP contribution in [0.1, 0.15) is 76.0 Å². The summed E-state index contributed by atoms with van der Waals surface area (Å²) in [6, 6.07) is 0. The van der Waals surface area contributed by atoms with Crippen molar-refractivity contribution in [3.63, 3.8) is 0 Å². The van der Waals surface area contributed by atoms with E-state index in [2.05, 4.69) is 4.98 Å². The van der Waals surface area contributed by atoms with Gasteiger partial charge in [-0.2, -0.15) is 0 Å². The summed E-state index contributed by atoms with van der Waals surface area (Å²) in [5.74, 6) is 2.12. The van der Waals surface area contributed by atoms with Crippen LogP contribution in [0.25, 0.3) is 0 Å². The Bertz CT molecular complexity index is 1220. The first-order valence-corrected chi connectivity index (χ1v) is 14.5. The van der Waals surface area contributed by atoms with Gasteiger partial charge in [0.25, 0.3) is 5.56 Å². The van der Waals surface area contributed by atoms with Crippen LogP contribution >= 0.6 is 0 Å². The molecule has 11 heteroatoms. The largest absolute Gasteiger partial charge is 0.508 e. The maximum absolute atomic E-state index is 14.7. The van der Waals surface area contributed by atoms with Crippen LogP contribution in [0.5, 0.6) is 0 Å². The normalized spacial score (nSPS) is 44.4. The van der Waals surface area contributed by atoms with Crippen LogP contribution in [0, 0.1) is 30.6 Å². The van der Waals surface area contributed by atoms with Gasteiger partial charge in [-0.3, -0.25) is 14.3 Å². The van der Waals surface area contributed by atoms with Crippen molar-refractivity contribution in [1.82, 2.24) is 9.55 Å². The molecule has 2 saturated heterocycles. The molecule has 2 spiro atoms. The molecule has 5 aliphatic carbocycles. The number of carbonyl (C=O) groups excluding carboxylic acids is 1. The molecule has 0 radical (unpaired) electrons. The highest BCUT2D eigenvalue weighted by atomic mass is 19.1. The highest BCUT2D eigenvalue weighted by molar-refractivity contribution is 5.60. The van der Waals surface area contributed by atoms with Gasteiger partial charge in [-0.15, -0.1) is 0 Å². The molecule has 2 unspecified atom stereocenters. The van der Waals surface area contributed by atoms with Crippen molar-refractivity contribution in [1.29, 1.82) is 0 Å². The van der Waals surface area contributed by atoms with Gasteiger partial charge < -0.3 is 23.7 Å². The predicted molar refractivity (Wildman–Crippen MR) is 134 cm³/mol. The second kappa shape index (κ2) is 9.41. The summed E-state index contributed by atoms with van der Waals surface area (Å²) >= 11 is 0. The van der Waals surface area contributed by atoms with Crippen molar-refractivity contribution in [3.8, 4) is 0 Å². The van der Waals surface area contributed by atoms with Gasteiger partial charge in [-0.25, -0.2) is 14.0 Å². The Morgan fingerprint density at radius 1 is 1.15 bits per heavy atom. The lowest BCUT2D eigenvalue weighted by Crippen LogP contribution is -2.60. The zero-order valence-electron chi connectivity index (χ0n) is 22.3. The fraction of sp³-hybridized carbons (Fsp3) is 0.821. The summed E-state index contributed by atoms with van der Waals surface area (Å²) in [5, 5.41) is 0. The summed E-state index contributed by atoms with van der Waals surface area (Å²) in [6.07, 6.45) is 5.71. The molecule has 39 heavy (non-hydrogen) atoms. The standard InChI is InChI=1S/C28H37FN2O8/c1-15-12-31(25(33)30-24(15)32)23-10-21(29)22(38-23)13-35-26(34)37-20-3-2-4-27(11-20)36-14-28(39-27)18-6-16-5-17(8-18)9-19(28)7-16/h12,16-23H,2-11,13-14H2,1H3,(H,30,32,33)/t16?,17?,18?,19?,20?,21-,22+,23+,27?,28?/m0/s1. The highest BCUT2D eigenvalue weighted by Crippen LogP contribution is 2.63. The van der Waals surface area contributed by atoms with Gasteiger partial charge >= 0.3 is 11.8 Å². The van der Waals surface area contributed by atoms with Crippen molar-refractivity contribution in [2.75, 3.05) is 13.2 Å². The molecule has 0 amide bonds. The average molecular weight is 549 g/mol. The van der Waals surface area contributed by atoms with Gasteiger partial charge in [0.15, 0.2) is 5.79 Å². The summed E-state index contributed by atoms with van der Waals surface area (Å²) in [4.78, 5) is 38.5. The number of aromatic nitrogens is 2. The molecule has 7 aliphatic rings. The molecule has 4 bridgehead atoms. The Kier molecular flexibility index (Phi) is 6.20. The number of carbonyl (C=O) groups is 1. The number of nitrogens with one attached hydrogen (secondary N) is 1. The molecule has 5 saturated carbocycles. The molecule has 214 valence electrons. The van der Waals surface area contributed by atoms with Crippen molar-refractivity contribution >= 4 is 6.16 Å². The predicted octanol–water partition coefficient (Wildman–Crippen LogP) is 3.50. The molecule has 8 rings (SSSR count). The van der Waals surface area contributed by atoms with Gasteiger partial charge in [-0.1, -0.05) is 0 Å². The van der Waals surface area contributed by atoms with E-state index in [1.54, 1.807) is 6.92 Å². The van der Waals surface area contributed by atoms with E-state index in [9.17, 15) is 18.8 Å². The highest BCUT2D eigenvalue weighted by Gasteiger charge is 2.64. The van der Waals surface area contributed by atoms with E-state index >= 15 is 0 Å². The Labute approximate surface area is 225 Å². The molecule has 0 aromatic carbocycles. The number of aryl methyl sites for hydroxylation is 1. The monoisotopic (exact) mass is 548 g/mol. The van der Waals surface area contributed by atoms with Crippen LogP contribution in [0.3, 0.4) is 0 Å². The number of nitrogens with zero attached hydrogens (tertiary/aromatic N) is 1. The number of aromatic amines is 1. The van der Waals surface area contributed by atoms with Crippen molar-refractivity contribution < 1.29 is 32.9 Å². The molecule has 1 N–H and O–H groups in total. The fourth-order valence-electron chi connectivity index (χ4n) is 8.64. The van der Waals surface area contributed by atoms with E-state index in [0.717, 1.165) is 29.2 Å². The lowest BCUT2D eigenvalue weighted by molar-refractivity contribution is -0.260. The third kappa shape index (κ3) is 4.44. The average Bonchev–Trinajstić information content (AvgIpc) is 3.44. The SMILES string of the molecule is Cc1cn([C@H]2C[C@H](F)[C@@H](COC(=O)OC3CCCC4(C3)OCC3(O4)C4CC5CC(C4)CC3C5)O2)c(=O)[nH]c1=O. The molecule has 1 aromatic rings. The number of hydrogen-bond donors (Lipinski definition) is 1. The van der Waals surface area contributed by atoms with Gasteiger partial charge in [0.1, 0.15) is 36.8 Å². The maximum atomic E-state index is 14.7. The summed E-state index contributed by atoms with van der Waals surface area (Å²) < 4.78 is 45.7. The zero-order chi connectivity index (χ0) is 26.9. The summed E-state index contributed by atoms with van der Waals surface area (Å²) in [6.45, 7) is 1.84. The minimum absolute atomic E-state index is 0.0977. The lowest BCUT2D eigenvalue weighted by atomic mass is 9.50. The van der Waals surface area contributed by atoms with Crippen LogP contribution in [0.2, 0.25) is 0 Å². The maximum Gasteiger partial charge on any atom is 0.508 e. The summed E-state index contributed by atoms with van der Waals surface area (Å²) in [5.41, 5.74) is -1.05. The van der Waals surface area contributed by atoms with Crippen molar-refractivity contribution in [3.05, 3.63) is 32.6 Å². The topological polar surface area (TPSA) is 118 Å². The van der Waals surface area contributed by atoms with E-state index in [4.69, 9.17) is 23.7 Å². The molecule has 2 aliphatic heterocycles. The van der Waals surface area contributed by atoms with Crippen LogP contribution in [0.15, 0.2) is 15.8 Å². The lowest BCUT2D eigenvalue weighted by Gasteiger charge is -2.59. The van der Waals surface area contributed by atoms with Crippen LogP contribution in [-0.4, -0.2) is 58.7 Å². The molecule has 5 atom stereocenters. The number of alkyl halides is 1. The van der Waals surface area contributed by atoms with E-state index in [1.807, 2.05) is 0 Å². The van der Waals surface area contributed by atoms with E-state index in [0.29, 0.717) is 36.8 Å². The Morgan fingerprint density at radius 3 is 2.64 bits per heavy atom. The Morgan fingerprint density at radius 2 is 1.90 bits per heavy atom. The minimum Gasteiger partial charge on any atom is -0.431 e. The molecule has 3 heterocycles. The number of H-pyrrole nitrogens is 1. The second-order valence-corrected chi connectivity index (χ2v) is 12.8. The van der Waals surface area contributed by atoms with Crippen LogP contribution < -0.4 is 11.2 Å². The van der Waals surface area contributed by atoms with Gasteiger partial charge in [-0.05, 0) is 75.5 Å². The molecular formula is C28H37FN2O8. The van der Waals surface area contributed by atoms with E-state index < -0.39 is 47.8 Å². The third-order valence-electron chi connectivity index (χ3n) is 10.3. The van der Waals surface area contributed by atoms with E-state index in [-0.39, 0.29) is 18.6 Å². The molecule has 1 aromatic heterocycles. The van der Waals surface area contributed by atoms with E-state index in [1.165, 1.54) is 38.3 Å². The number of hydrogen-bond acceptors (Lipinski definition) is 8. The molecule has 7 fully saturated rings. The quantitative estimate of drug-likeness (QED) is 0.568. The van der Waals surface area contributed by atoms with Crippen LogP contribution in [-0.2, 0) is 23.7 Å². The first-order valence-electron chi connectivity index (χ1n) is 14.5. The number of halogens is 1. The van der Waals surface area contributed by atoms with Crippen molar-refractivity contribution in [2.24, 2.45) is 23.7 Å². The number of ether oxygens (including phenoxy) is 5. The van der Waals surface area contributed by atoms with Crippen LogP contribution in [0.4, 0.5) is 9.18 Å². The van der Waals surface area contributed by atoms with Gasteiger partial charge in [0.2, 0.25) is 0 Å². The summed E-state index contributed by atoms with van der Waals surface area (Å²) in [7, 11) is 0. The molecule has 10 nitrogen and oxygen atoms in total. The van der Waals surface area contributed by atoms with Crippen molar-refractivity contribution in [2.45, 2.75) is 107 Å². The first-order chi connectivity index (χ1) is 18.7. The van der Waals surface area contributed by atoms with Gasteiger partial charge in [0.05, 0.1) is 6.61 Å². The Hall–Kier alpha value is -2.24.